The average molecular weight is 270 g/mol. The van der Waals surface area contributed by atoms with Crippen LogP contribution in [0.2, 0.25) is 5.02 Å². The zero-order valence-corrected chi connectivity index (χ0v) is 12.3. The number of carbonyl (C=O) groups excluding carboxylic acids is 1. The lowest BCUT2D eigenvalue weighted by atomic mass is 10.1. The van der Waals surface area contributed by atoms with Crippen LogP contribution in [0.1, 0.15) is 33.3 Å². The maximum absolute atomic E-state index is 11.9. The van der Waals surface area contributed by atoms with E-state index in [1.807, 2.05) is 33.8 Å². The van der Waals surface area contributed by atoms with Gasteiger partial charge in [0.1, 0.15) is 5.75 Å². The second kappa shape index (κ2) is 5.61. The molecule has 1 aromatic rings. The zero-order valence-electron chi connectivity index (χ0n) is 11.5. The summed E-state index contributed by atoms with van der Waals surface area (Å²) in [4.78, 5) is 11.9. The summed E-state index contributed by atoms with van der Waals surface area (Å²) >= 11 is 5.93. The molecule has 0 aromatic heterocycles. The van der Waals surface area contributed by atoms with Crippen molar-refractivity contribution in [3.05, 3.63) is 28.8 Å². The standard InChI is InChI=1S/C14H20ClNO2/c1-9-8-11(6-7-12(9)15)18-10(2)13(17)16-14(3,4)5/h6-8,10H,1-5H3,(H,16,17)/t10-/m0/s1. The van der Waals surface area contributed by atoms with Gasteiger partial charge < -0.3 is 10.1 Å². The number of hydrogen-bond donors (Lipinski definition) is 1. The molecular formula is C14H20ClNO2. The van der Waals surface area contributed by atoms with E-state index in [-0.39, 0.29) is 11.4 Å². The minimum Gasteiger partial charge on any atom is -0.481 e. The van der Waals surface area contributed by atoms with Gasteiger partial charge in [0.05, 0.1) is 0 Å². The maximum atomic E-state index is 11.9. The summed E-state index contributed by atoms with van der Waals surface area (Å²) in [5, 5.41) is 3.56. The van der Waals surface area contributed by atoms with Gasteiger partial charge in [-0.05, 0) is 58.4 Å². The van der Waals surface area contributed by atoms with Crippen LogP contribution in [0.5, 0.6) is 5.75 Å². The van der Waals surface area contributed by atoms with Gasteiger partial charge in [-0.15, -0.1) is 0 Å². The second-order valence-corrected chi connectivity index (χ2v) is 5.82. The summed E-state index contributed by atoms with van der Waals surface area (Å²) < 4.78 is 5.59. The van der Waals surface area contributed by atoms with Gasteiger partial charge >= 0.3 is 0 Å². The first kappa shape index (κ1) is 14.8. The van der Waals surface area contributed by atoms with E-state index < -0.39 is 6.10 Å². The number of nitrogens with one attached hydrogen (secondary N) is 1. The summed E-state index contributed by atoms with van der Waals surface area (Å²) in [6.45, 7) is 9.43. The van der Waals surface area contributed by atoms with Crippen LogP contribution < -0.4 is 10.1 Å². The lowest BCUT2D eigenvalue weighted by Crippen LogP contribution is -2.46. The SMILES string of the molecule is Cc1cc(O[C@@H](C)C(=O)NC(C)(C)C)ccc1Cl. The van der Waals surface area contributed by atoms with Crippen molar-refractivity contribution in [1.29, 1.82) is 0 Å². The van der Waals surface area contributed by atoms with E-state index in [0.29, 0.717) is 10.8 Å². The number of hydrogen-bond acceptors (Lipinski definition) is 2. The minimum absolute atomic E-state index is 0.130. The van der Waals surface area contributed by atoms with Crippen molar-refractivity contribution in [3.8, 4) is 5.75 Å². The van der Waals surface area contributed by atoms with Crippen LogP contribution >= 0.6 is 11.6 Å². The Bertz CT molecular complexity index is 438. The normalized spacial score (nSPS) is 13.0. The minimum atomic E-state index is -0.537. The molecule has 1 aromatic carbocycles. The molecule has 0 bridgehead atoms. The summed E-state index contributed by atoms with van der Waals surface area (Å²) in [5.41, 5.74) is 0.669. The number of rotatable bonds is 3. The fourth-order valence-electron chi connectivity index (χ4n) is 1.42. The fourth-order valence-corrected chi connectivity index (χ4v) is 1.54. The molecule has 0 spiro atoms. The Kier molecular flexibility index (Phi) is 4.63. The first-order valence-corrected chi connectivity index (χ1v) is 6.31. The Morgan fingerprint density at radius 1 is 1.39 bits per heavy atom. The molecule has 0 aliphatic heterocycles. The summed E-state index contributed by atoms with van der Waals surface area (Å²) in [6.07, 6.45) is -0.537. The highest BCUT2D eigenvalue weighted by atomic mass is 35.5. The van der Waals surface area contributed by atoms with Crippen molar-refractivity contribution in [1.82, 2.24) is 5.32 Å². The molecule has 1 N–H and O–H groups in total. The number of aryl methyl sites for hydroxylation is 1. The van der Waals surface area contributed by atoms with E-state index in [1.165, 1.54) is 0 Å². The van der Waals surface area contributed by atoms with Crippen LogP contribution in [0.4, 0.5) is 0 Å². The third-order valence-electron chi connectivity index (χ3n) is 2.31. The Balaban J connectivity index is 2.66. The molecule has 0 radical (unpaired) electrons. The predicted molar refractivity (Wildman–Crippen MR) is 74.2 cm³/mol. The van der Waals surface area contributed by atoms with Crippen molar-refractivity contribution in [2.45, 2.75) is 46.3 Å². The van der Waals surface area contributed by atoms with Gasteiger partial charge in [0.15, 0.2) is 6.10 Å². The van der Waals surface area contributed by atoms with Gasteiger partial charge in [0.25, 0.3) is 5.91 Å². The van der Waals surface area contributed by atoms with Crippen LogP contribution in [-0.2, 0) is 4.79 Å². The zero-order chi connectivity index (χ0) is 13.9. The Morgan fingerprint density at radius 2 is 2.00 bits per heavy atom. The van der Waals surface area contributed by atoms with Crippen LogP contribution in [-0.4, -0.2) is 17.6 Å². The van der Waals surface area contributed by atoms with Crippen molar-refractivity contribution < 1.29 is 9.53 Å². The van der Waals surface area contributed by atoms with Crippen LogP contribution in [0.3, 0.4) is 0 Å². The van der Waals surface area contributed by atoms with Crippen molar-refractivity contribution in [2.24, 2.45) is 0 Å². The summed E-state index contributed by atoms with van der Waals surface area (Å²) in [5.74, 6) is 0.517. The third kappa shape index (κ3) is 4.57. The molecular weight excluding hydrogens is 250 g/mol. The number of ether oxygens (including phenoxy) is 1. The molecule has 0 saturated carbocycles. The molecule has 0 aliphatic carbocycles. The molecule has 18 heavy (non-hydrogen) atoms. The largest absolute Gasteiger partial charge is 0.481 e. The van der Waals surface area contributed by atoms with Crippen LogP contribution in [0.15, 0.2) is 18.2 Å². The van der Waals surface area contributed by atoms with Gasteiger partial charge in [-0.1, -0.05) is 11.6 Å². The van der Waals surface area contributed by atoms with Crippen molar-refractivity contribution in [2.75, 3.05) is 0 Å². The molecule has 0 aliphatic rings. The average Bonchev–Trinajstić information content (AvgIpc) is 2.21. The lowest BCUT2D eigenvalue weighted by Gasteiger charge is -2.23. The van der Waals surface area contributed by atoms with Gasteiger partial charge in [-0.2, -0.15) is 0 Å². The maximum Gasteiger partial charge on any atom is 0.261 e. The van der Waals surface area contributed by atoms with E-state index in [0.717, 1.165) is 5.56 Å². The van der Waals surface area contributed by atoms with Crippen molar-refractivity contribution >= 4 is 17.5 Å². The summed E-state index contributed by atoms with van der Waals surface area (Å²) in [6, 6.07) is 5.35. The highest BCUT2D eigenvalue weighted by Gasteiger charge is 2.20. The molecule has 1 amide bonds. The van der Waals surface area contributed by atoms with E-state index in [9.17, 15) is 4.79 Å². The monoisotopic (exact) mass is 269 g/mol. The molecule has 100 valence electrons. The Labute approximate surface area is 113 Å². The highest BCUT2D eigenvalue weighted by Crippen LogP contribution is 2.21. The molecule has 0 heterocycles. The first-order chi connectivity index (χ1) is 8.19. The van der Waals surface area contributed by atoms with Gasteiger partial charge in [-0.3, -0.25) is 4.79 Å². The molecule has 0 fully saturated rings. The number of amides is 1. The third-order valence-corrected chi connectivity index (χ3v) is 2.73. The quantitative estimate of drug-likeness (QED) is 0.914. The smallest absolute Gasteiger partial charge is 0.261 e. The molecule has 4 heteroatoms. The number of carbonyl (C=O) groups is 1. The summed E-state index contributed by atoms with van der Waals surface area (Å²) in [7, 11) is 0. The second-order valence-electron chi connectivity index (χ2n) is 5.41. The lowest BCUT2D eigenvalue weighted by molar-refractivity contribution is -0.128. The van der Waals surface area contributed by atoms with Crippen LogP contribution in [0.25, 0.3) is 0 Å². The molecule has 0 saturated heterocycles. The van der Waals surface area contributed by atoms with Gasteiger partial charge in [0, 0.05) is 10.6 Å². The molecule has 0 unspecified atom stereocenters. The molecule has 1 atom stereocenters. The number of halogens is 1. The van der Waals surface area contributed by atoms with E-state index >= 15 is 0 Å². The van der Waals surface area contributed by atoms with Crippen LogP contribution in [0, 0.1) is 6.92 Å². The van der Waals surface area contributed by atoms with Crippen molar-refractivity contribution in [3.63, 3.8) is 0 Å². The van der Waals surface area contributed by atoms with E-state index in [2.05, 4.69) is 5.32 Å². The van der Waals surface area contributed by atoms with Gasteiger partial charge in [0.2, 0.25) is 0 Å². The predicted octanol–water partition coefficient (Wildman–Crippen LogP) is 3.33. The topological polar surface area (TPSA) is 38.3 Å². The highest BCUT2D eigenvalue weighted by molar-refractivity contribution is 6.31. The Hall–Kier alpha value is -1.22. The van der Waals surface area contributed by atoms with E-state index in [4.69, 9.17) is 16.3 Å². The first-order valence-electron chi connectivity index (χ1n) is 5.94. The Morgan fingerprint density at radius 3 is 2.50 bits per heavy atom. The molecule has 1 rings (SSSR count). The number of benzene rings is 1. The molecule has 3 nitrogen and oxygen atoms in total. The fraction of sp³-hybridized carbons (Fsp3) is 0.500. The van der Waals surface area contributed by atoms with Gasteiger partial charge in [-0.25, -0.2) is 0 Å². The van der Waals surface area contributed by atoms with E-state index in [1.54, 1.807) is 19.1 Å².